The number of benzene rings is 2. The first kappa shape index (κ1) is 15.7. The minimum atomic E-state index is 0.479. The SMILES string of the molecule is N#Cc1ccccc1OCCCOc1ccc(Br)cc1Cl. The Morgan fingerprint density at radius 2 is 1.76 bits per heavy atom. The van der Waals surface area contributed by atoms with Crippen LogP contribution in [0.4, 0.5) is 0 Å². The zero-order chi connectivity index (χ0) is 15.1. The molecule has 0 fully saturated rings. The normalized spacial score (nSPS) is 9.95. The van der Waals surface area contributed by atoms with E-state index in [9.17, 15) is 0 Å². The first-order chi connectivity index (χ1) is 10.2. The summed E-state index contributed by atoms with van der Waals surface area (Å²) in [7, 11) is 0. The van der Waals surface area contributed by atoms with Gasteiger partial charge < -0.3 is 9.47 Å². The molecule has 2 aromatic carbocycles. The zero-order valence-electron chi connectivity index (χ0n) is 11.2. The van der Waals surface area contributed by atoms with Crippen molar-refractivity contribution in [2.24, 2.45) is 0 Å². The summed E-state index contributed by atoms with van der Waals surface area (Å²) >= 11 is 9.40. The Morgan fingerprint density at radius 1 is 1.05 bits per heavy atom. The average Bonchev–Trinajstić information content (AvgIpc) is 2.49. The lowest BCUT2D eigenvalue weighted by Gasteiger charge is -2.10. The Hall–Kier alpha value is -1.70. The third-order valence-corrected chi connectivity index (χ3v) is 3.49. The molecule has 2 rings (SSSR count). The van der Waals surface area contributed by atoms with Gasteiger partial charge in [-0.05, 0) is 30.3 Å². The predicted molar refractivity (Wildman–Crippen MR) is 85.9 cm³/mol. The summed E-state index contributed by atoms with van der Waals surface area (Å²) in [6.07, 6.45) is 0.701. The number of hydrogen-bond acceptors (Lipinski definition) is 3. The van der Waals surface area contributed by atoms with E-state index in [-0.39, 0.29) is 0 Å². The third-order valence-electron chi connectivity index (χ3n) is 2.71. The van der Waals surface area contributed by atoms with Gasteiger partial charge in [0.15, 0.2) is 0 Å². The molecule has 2 aromatic rings. The molecule has 0 aliphatic heterocycles. The van der Waals surface area contributed by atoms with Crippen LogP contribution in [0.3, 0.4) is 0 Å². The maximum Gasteiger partial charge on any atom is 0.137 e. The number of hydrogen-bond donors (Lipinski definition) is 0. The molecule has 0 radical (unpaired) electrons. The minimum absolute atomic E-state index is 0.479. The summed E-state index contributed by atoms with van der Waals surface area (Å²) in [4.78, 5) is 0. The first-order valence-corrected chi connectivity index (χ1v) is 7.57. The van der Waals surface area contributed by atoms with Crippen molar-refractivity contribution >= 4 is 27.5 Å². The van der Waals surface area contributed by atoms with Crippen LogP contribution in [-0.2, 0) is 0 Å². The highest BCUT2D eigenvalue weighted by molar-refractivity contribution is 9.10. The molecule has 0 heterocycles. The Labute approximate surface area is 137 Å². The van der Waals surface area contributed by atoms with Crippen molar-refractivity contribution in [1.82, 2.24) is 0 Å². The second-order valence-corrected chi connectivity index (χ2v) is 5.56. The third kappa shape index (κ3) is 4.66. The number of nitriles is 1. The number of rotatable bonds is 6. The van der Waals surface area contributed by atoms with Crippen molar-refractivity contribution in [3.8, 4) is 17.6 Å². The lowest BCUT2D eigenvalue weighted by atomic mass is 10.2. The Balaban J connectivity index is 1.76. The van der Waals surface area contributed by atoms with Crippen LogP contribution in [0.5, 0.6) is 11.5 Å². The van der Waals surface area contributed by atoms with Crippen LogP contribution >= 0.6 is 27.5 Å². The van der Waals surface area contributed by atoms with Crippen molar-refractivity contribution in [3.05, 3.63) is 57.5 Å². The maximum absolute atomic E-state index is 8.95. The summed E-state index contributed by atoms with van der Waals surface area (Å²) < 4.78 is 12.1. The molecule has 0 spiro atoms. The lowest BCUT2D eigenvalue weighted by Crippen LogP contribution is -2.05. The quantitative estimate of drug-likeness (QED) is 0.688. The number of halogens is 2. The van der Waals surface area contributed by atoms with Gasteiger partial charge in [-0.1, -0.05) is 39.7 Å². The molecule has 0 aliphatic rings. The second kappa shape index (κ2) is 7.92. The smallest absolute Gasteiger partial charge is 0.137 e. The molecule has 0 aromatic heterocycles. The lowest BCUT2D eigenvalue weighted by molar-refractivity contribution is 0.247. The molecule has 108 valence electrons. The van der Waals surface area contributed by atoms with Crippen LogP contribution in [0, 0.1) is 11.3 Å². The molecule has 0 bridgehead atoms. The molecular formula is C16H13BrClNO2. The second-order valence-electron chi connectivity index (χ2n) is 4.23. The fourth-order valence-corrected chi connectivity index (χ4v) is 2.43. The Bertz CT molecular complexity index is 655. The topological polar surface area (TPSA) is 42.2 Å². The van der Waals surface area contributed by atoms with Crippen molar-refractivity contribution < 1.29 is 9.47 Å². The largest absolute Gasteiger partial charge is 0.492 e. The standard InChI is InChI=1S/C16H13BrClNO2/c17-13-6-7-16(14(18)10-13)21-9-3-8-20-15-5-2-1-4-12(15)11-19/h1-2,4-7,10H,3,8-9H2. The highest BCUT2D eigenvalue weighted by Gasteiger charge is 2.03. The highest BCUT2D eigenvalue weighted by atomic mass is 79.9. The fourth-order valence-electron chi connectivity index (χ4n) is 1.70. The molecule has 0 unspecified atom stereocenters. The monoisotopic (exact) mass is 365 g/mol. The van der Waals surface area contributed by atoms with Crippen molar-refractivity contribution in [2.45, 2.75) is 6.42 Å². The molecule has 0 atom stereocenters. The van der Waals surface area contributed by atoms with Crippen LogP contribution in [-0.4, -0.2) is 13.2 Å². The Kier molecular flexibility index (Phi) is 5.91. The summed E-state index contributed by atoms with van der Waals surface area (Å²) in [5.74, 6) is 1.25. The molecule has 0 aliphatic carbocycles. The fraction of sp³-hybridized carbons (Fsp3) is 0.188. The molecule has 0 saturated heterocycles. The molecular weight excluding hydrogens is 354 g/mol. The number of ether oxygens (including phenoxy) is 2. The summed E-state index contributed by atoms with van der Waals surface area (Å²) in [5.41, 5.74) is 0.536. The summed E-state index contributed by atoms with van der Waals surface area (Å²) in [6, 6.07) is 14.7. The van der Waals surface area contributed by atoms with Crippen molar-refractivity contribution in [3.63, 3.8) is 0 Å². The van der Waals surface area contributed by atoms with E-state index in [2.05, 4.69) is 22.0 Å². The van der Waals surface area contributed by atoms with Gasteiger partial charge in [-0.15, -0.1) is 0 Å². The molecule has 21 heavy (non-hydrogen) atoms. The van der Waals surface area contributed by atoms with E-state index < -0.39 is 0 Å². The molecule has 0 saturated carbocycles. The van der Waals surface area contributed by atoms with Crippen molar-refractivity contribution in [2.75, 3.05) is 13.2 Å². The van der Waals surface area contributed by atoms with E-state index in [1.807, 2.05) is 24.3 Å². The first-order valence-electron chi connectivity index (χ1n) is 6.40. The van der Waals surface area contributed by atoms with Gasteiger partial charge >= 0.3 is 0 Å². The van der Waals surface area contributed by atoms with Gasteiger partial charge in [0.1, 0.15) is 17.6 Å². The van der Waals surface area contributed by atoms with Gasteiger partial charge in [-0.25, -0.2) is 0 Å². The maximum atomic E-state index is 8.95. The summed E-state index contributed by atoms with van der Waals surface area (Å²) in [5, 5.41) is 9.52. The van der Waals surface area contributed by atoms with Gasteiger partial charge in [-0.3, -0.25) is 0 Å². The summed E-state index contributed by atoms with van der Waals surface area (Å²) in [6.45, 7) is 0.975. The van der Waals surface area contributed by atoms with Crippen molar-refractivity contribution in [1.29, 1.82) is 5.26 Å². The van der Waals surface area contributed by atoms with E-state index >= 15 is 0 Å². The van der Waals surface area contributed by atoms with Gasteiger partial charge in [0.2, 0.25) is 0 Å². The highest BCUT2D eigenvalue weighted by Crippen LogP contribution is 2.27. The van der Waals surface area contributed by atoms with E-state index in [1.165, 1.54) is 0 Å². The van der Waals surface area contributed by atoms with Crippen LogP contribution in [0.25, 0.3) is 0 Å². The minimum Gasteiger partial charge on any atom is -0.492 e. The van der Waals surface area contributed by atoms with Gasteiger partial charge in [0, 0.05) is 10.9 Å². The van der Waals surface area contributed by atoms with E-state index in [1.54, 1.807) is 18.2 Å². The number of para-hydroxylation sites is 1. The van der Waals surface area contributed by atoms with Crippen LogP contribution in [0.1, 0.15) is 12.0 Å². The Morgan fingerprint density at radius 3 is 2.48 bits per heavy atom. The van der Waals surface area contributed by atoms with E-state index in [4.69, 9.17) is 26.3 Å². The molecule has 3 nitrogen and oxygen atoms in total. The average molecular weight is 367 g/mol. The van der Waals surface area contributed by atoms with E-state index in [0.29, 0.717) is 41.7 Å². The van der Waals surface area contributed by atoms with Gasteiger partial charge in [0.25, 0.3) is 0 Å². The van der Waals surface area contributed by atoms with Crippen LogP contribution < -0.4 is 9.47 Å². The molecule has 5 heteroatoms. The van der Waals surface area contributed by atoms with Crippen LogP contribution in [0.2, 0.25) is 5.02 Å². The molecule has 0 N–H and O–H groups in total. The molecule has 0 amide bonds. The van der Waals surface area contributed by atoms with Crippen LogP contribution in [0.15, 0.2) is 46.9 Å². The number of nitrogens with zero attached hydrogens (tertiary/aromatic N) is 1. The predicted octanol–water partition coefficient (Wildman–Crippen LogP) is 4.82. The zero-order valence-corrected chi connectivity index (χ0v) is 13.5. The van der Waals surface area contributed by atoms with Gasteiger partial charge in [0.05, 0.1) is 23.8 Å². The van der Waals surface area contributed by atoms with Gasteiger partial charge in [-0.2, -0.15) is 5.26 Å². The van der Waals surface area contributed by atoms with E-state index in [0.717, 1.165) is 4.47 Å².